The van der Waals surface area contributed by atoms with E-state index >= 15 is 0 Å². The summed E-state index contributed by atoms with van der Waals surface area (Å²) in [6.45, 7) is 5.18. The second-order valence-electron chi connectivity index (χ2n) is 3.90. The molecule has 0 aliphatic carbocycles. The zero-order chi connectivity index (χ0) is 11.8. The normalized spacial score (nSPS) is 13.2. The third-order valence-electron chi connectivity index (χ3n) is 2.53. The van der Waals surface area contributed by atoms with Crippen molar-refractivity contribution in [3.05, 3.63) is 47.8 Å². The molecule has 0 fully saturated rings. The molecule has 1 aromatic rings. The fourth-order valence-electron chi connectivity index (χ4n) is 1.54. The van der Waals surface area contributed by atoms with Crippen LogP contribution in [0.5, 0.6) is 0 Å². The van der Waals surface area contributed by atoms with E-state index in [0.29, 0.717) is 0 Å². The van der Waals surface area contributed by atoms with Crippen LogP contribution in [0.15, 0.2) is 36.4 Å². The van der Waals surface area contributed by atoms with Crippen molar-refractivity contribution in [1.82, 2.24) is 5.32 Å². The quantitative estimate of drug-likeness (QED) is 0.568. The smallest absolute Gasteiger partial charge is 0.123 e. The zero-order valence-corrected chi connectivity index (χ0v) is 10.0. The summed E-state index contributed by atoms with van der Waals surface area (Å²) < 4.78 is 12.7. The number of halogens is 1. The van der Waals surface area contributed by atoms with Gasteiger partial charge in [0.15, 0.2) is 0 Å². The Morgan fingerprint density at radius 2 is 1.94 bits per heavy atom. The molecule has 0 amide bonds. The van der Waals surface area contributed by atoms with E-state index in [1.165, 1.54) is 12.1 Å². The summed E-state index contributed by atoms with van der Waals surface area (Å²) in [5.74, 6) is -0.179. The van der Waals surface area contributed by atoms with Gasteiger partial charge in [-0.3, -0.25) is 0 Å². The fourth-order valence-corrected chi connectivity index (χ4v) is 1.54. The average Bonchev–Trinajstić information content (AvgIpc) is 2.29. The Balaban J connectivity index is 2.32. The Morgan fingerprint density at radius 1 is 1.25 bits per heavy atom. The highest BCUT2D eigenvalue weighted by molar-refractivity contribution is 5.19. The molecule has 0 bridgehead atoms. The minimum absolute atomic E-state index is 0.179. The van der Waals surface area contributed by atoms with Crippen LogP contribution >= 0.6 is 0 Å². The Bertz CT molecular complexity index is 316. The number of rotatable bonds is 6. The van der Waals surface area contributed by atoms with E-state index < -0.39 is 0 Å². The lowest BCUT2D eigenvalue weighted by molar-refractivity contribution is 0.577. The van der Waals surface area contributed by atoms with Gasteiger partial charge in [-0.15, -0.1) is 0 Å². The van der Waals surface area contributed by atoms with Crippen molar-refractivity contribution in [2.75, 3.05) is 6.54 Å². The van der Waals surface area contributed by atoms with Crippen LogP contribution in [0.4, 0.5) is 4.39 Å². The van der Waals surface area contributed by atoms with Crippen molar-refractivity contribution in [3.8, 4) is 0 Å². The van der Waals surface area contributed by atoms with Gasteiger partial charge in [0.1, 0.15) is 5.82 Å². The van der Waals surface area contributed by atoms with Crippen molar-refractivity contribution >= 4 is 0 Å². The van der Waals surface area contributed by atoms with Gasteiger partial charge in [0, 0.05) is 6.04 Å². The Kier molecular flexibility index (Phi) is 5.79. The van der Waals surface area contributed by atoms with Gasteiger partial charge in [0.2, 0.25) is 0 Å². The van der Waals surface area contributed by atoms with E-state index in [9.17, 15) is 4.39 Å². The molecule has 0 saturated heterocycles. The summed E-state index contributed by atoms with van der Waals surface area (Å²) in [5.41, 5.74) is 1.13. The third kappa shape index (κ3) is 4.58. The van der Waals surface area contributed by atoms with Crippen LogP contribution in [-0.4, -0.2) is 6.54 Å². The van der Waals surface area contributed by atoms with Crippen LogP contribution in [0.2, 0.25) is 0 Å². The standard InChI is InChI=1S/C14H20FN/c1-3-4-5-6-11-16-12(2)13-7-9-14(15)10-8-13/h4-5,7-10,12,16H,3,6,11H2,1-2H3/b5-4+/t12-/m1/s1. The Labute approximate surface area is 97.4 Å². The number of hydrogen-bond acceptors (Lipinski definition) is 1. The summed E-state index contributed by atoms with van der Waals surface area (Å²) in [7, 11) is 0. The first-order valence-corrected chi connectivity index (χ1v) is 5.88. The molecule has 0 aliphatic heterocycles. The SMILES string of the molecule is CC/C=C/CCN[C@H](C)c1ccc(F)cc1. The van der Waals surface area contributed by atoms with E-state index in [4.69, 9.17) is 0 Å². The molecule has 1 aromatic carbocycles. The lowest BCUT2D eigenvalue weighted by Gasteiger charge is -2.13. The molecule has 1 rings (SSSR count). The van der Waals surface area contributed by atoms with Crippen LogP contribution in [-0.2, 0) is 0 Å². The van der Waals surface area contributed by atoms with Crippen molar-refractivity contribution in [3.63, 3.8) is 0 Å². The van der Waals surface area contributed by atoms with E-state index in [2.05, 4.69) is 31.3 Å². The van der Waals surface area contributed by atoms with Crippen molar-refractivity contribution < 1.29 is 4.39 Å². The van der Waals surface area contributed by atoms with Crippen LogP contribution in [0, 0.1) is 5.82 Å². The fraction of sp³-hybridized carbons (Fsp3) is 0.429. The van der Waals surface area contributed by atoms with Crippen molar-refractivity contribution in [2.45, 2.75) is 32.7 Å². The predicted molar refractivity (Wildman–Crippen MR) is 66.9 cm³/mol. The van der Waals surface area contributed by atoms with Gasteiger partial charge in [0.25, 0.3) is 0 Å². The highest BCUT2D eigenvalue weighted by Gasteiger charge is 2.03. The number of allylic oxidation sites excluding steroid dienone is 1. The molecule has 0 saturated carbocycles. The molecule has 16 heavy (non-hydrogen) atoms. The lowest BCUT2D eigenvalue weighted by Crippen LogP contribution is -2.19. The summed E-state index contributed by atoms with van der Waals surface area (Å²) in [6.07, 6.45) is 6.49. The Hall–Kier alpha value is -1.15. The van der Waals surface area contributed by atoms with Gasteiger partial charge in [0.05, 0.1) is 0 Å². The van der Waals surface area contributed by atoms with E-state index in [1.807, 2.05) is 12.1 Å². The summed E-state index contributed by atoms with van der Waals surface area (Å²) in [6, 6.07) is 6.94. The molecule has 0 aliphatic rings. The van der Waals surface area contributed by atoms with Crippen LogP contribution in [0.1, 0.15) is 38.3 Å². The molecule has 1 nitrogen and oxygen atoms in total. The molecule has 1 N–H and O–H groups in total. The van der Waals surface area contributed by atoms with Crippen LogP contribution in [0.3, 0.4) is 0 Å². The monoisotopic (exact) mass is 221 g/mol. The first kappa shape index (κ1) is 12.9. The first-order valence-electron chi connectivity index (χ1n) is 5.88. The van der Waals surface area contributed by atoms with Gasteiger partial charge in [-0.05, 0) is 44.0 Å². The Morgan fingerprint density at radius 3 is 2.56 bits per heavy atom. The maximum atomic E-state index is 12.7. The molecular formula is C14H20FN. The van der Waals surface area contributed by atoms with E-state index in [-0.39, 0.29) is 11.9 Å². The van der Waals surface area contributed by atoms with Gasteiger partial charge >= 0.3 is 0 Å². The lowest BCUT2D eigenvalue weighted by atomic mass is 10.1. The molecule has 0 spiro atoms. The molecule has 1 atom stereocenters. The highest BCUT2D eigenvalue weighted by atomic mass is 19.1. The minimum Gasteiger partial charge on any atom is -0.310 e. The zero-order valence-electron chi connectivity index (χ0n) is 10.0. The second kappa shape index (κ2) is 7.18. The number of nitrogens with one attached hydrogen (secondary N) is 1. The van der Waals surface area contributed by atoms with Crippen LogP contribution in [0.25, 0.3) is 0 Å². The summed E-state index contributed by atoms with van der Waals surface area (Å²) in [4.78, 5) is 0. The first-order chi connectivity index (χ1) is 7.74. The average molecular weight is 221 g/mol. The molecule has 88 valence electrons. The minimum atomic E-state index is -0.179. The van der Waals surface area contributed by atoms with Crippen molar-refractivity contribution in [1.29, 1.82) is 0 Å². The number of benzene rings is 1. The molecular weight excluding hydrogens is 201 g/mol. The third-order valence-corrected chi connectivity index (χ3v) is 2.53. The topological polar surface area (TPSA) is 12.0 Å². The van der Waals surface area contributed by atoms with Crippen molar-refractivity contribution in [2.24, 2.45) is 0 Å². The van der Waals surface area contributed by atoms with Gasteiger partial charge in [-0.25, -0.2) is 4.39 Å². The summed E-state index contributed by atoms with van der Waals surface area (Å²) >= 11 is 0. The largest absolute Gasteiger partial charge is 0.310 e. The van der Waals surface area contributed by atoms with E-state index in [0.717, 1.165) is 24.9 Å². The second-order valence-corrected chi connectivity index (χ2v) is 3.90. The van der Waals surface area contributed by atoms with Crippen LogP contribution < -0.4 is 5.32 Å². The molecule has 0 heterocycles. The van der Waals surface area contributed by atoms with Gasteiger partial charge < -0.3 is 5.32 Å². The van der Waals surface area contributed by atoms with Gasteiger partial charge in [-0.1, -0.05) is 31.2 Å². The predicted octanol–water partition coefficient (Wildman–Crippen LogP) is 3.83. The molecule has 2 heteroatoms. The van der Waals surface area contributed by atoms with Gasteiger partial charge in [-0.2, -0.15) is 0 Å². The maximum absolute atomic E-state index is 12.7. The maximum Gasteiger partial charge on any atom is 0.123 e. The molecule has 0 unspecified atom stereocenters. The summed E-state index contributed by atoms with van der Waals surface area (Å²) in [5, 5.41) is 3.40. The van der Waals surface area contributed by atoms with E-state index in [1.54, 1.807) is 0 Å². The molecule has 0 radical (unpaired) electrons. The molecule has 0 aromatic heterocycles. The number of hydrogen-bond donors (Lipinski definition) is 1. The highest BCUT2D eigenvalue weighted by Crippen LogP contribution is 2.12.